The molecule has 4 heteroatoms. The minimum Gasteiger partial charge on any atom is -0.269 e. The van der Waals surface area contributed by atoms with Crippen molar-refractivity contribution in [2.75, 3.05) is 0 Å². The number of aryl methyl sites for hydroxylation is 2. The first-order chi connectivity index (χ1) is 14.5. The van der Waals surface area contributed by atoms with Crippen LogP contribution in [-0.4, -0.2) is 15.0 Å². The lowest BCUT2D eigenvalue weighted by molar-refractivity contribution is 0.0967. The lowest BCUT2D eigenvalue weighted by Gasteiger charge is -2.06. The fourth-order valence-corrected chi connectivity index (χ4v) is 3.34. The first kappa shape index (κ1) is 19.4. The molecule has 4 nitrogen and oxygen atoms in total. The topological polar surface area (TPSA) is 44.0 Å². The molecule has 3 aromatic carbocycles. The molecule has 1 aromatic heterocycles. The van der Waals surface area contributed by atoms with Crippen molar-refractivity contribution in [3.8, 4) is 16.9 Å². The summed E-state index contributed by atoms with van der Waals surface area (Å²) in [5.41, 5.74) is 4.87. The van der Waals surface area contributed by atoms with Crippen LogP contribution in [0.3, 0.4) is 0 Å². The highest BCUT2D eigenvalue weighted by molar-refractivity contribution is 5.96. The van der Waals surface area contributed by atoms with Gasteiger partial charge in [0.05, 0.1) is 11.4 Å². The molecule has 0 saturated heterocycles. The molecule has 0 radical (unpaired) electrons. The normalized spacial score (nSPS) is 11.1. The van der Waals surface area contributed by atoms with E-state index in [2.05, 4.69) is 0 Å². The number of nitrogens with zero attached hydrogens (tertiary/aromatic N) is 2. The van der Waals surface area contributed by atoms with Crippen LogP contribution >= 0.6 is 0 Å². The second-order valence-electron chi connectivity index (χ2n) is 7.22. The Hall–Kier alpha value is -3.92. The molecule has 0 amide bonds. The lowest BCUT2D eigenvalue weighted by atomic mass is 10.0. The van der Waals surface area contributed by atoms with Gasteiger partial charge in [-0.3, -0.25) is 9.36 Å². The van der Waals surface area contributed by atoms with Gasteiger partial charge in [0.15, 0.2) is 0 Å². The van der Waals surface area contributed by atoms with Crippen molar-refractivity contribution in [2.24, 2.45) is 0 Å². The van der Waals surface area contributed by atoms with Crippen LogP contribution in [0.5, 0.6) is 0 Å². The molecule has 0 aliphatic carbocycles. The minimum atomic E-state index is -0.392. The minimum absolute atomic E-state index is 0.383. The van der Waals surface area contributed by atoms with Crippen molar-refractivity contribution in [1.82, 2.24) is 9.13 Å². The van der Waals surface area contributed by atoms with E-state index in [0.717, 1.165) is 22.3 Å². The third-order valence-electron chi connectivity index (χ3n) is 5.17. The molecule has 4 aromatic rings. The van der Waals surface area contributed by atoms with Crippen molar-refractivity contribution in [1.29, 1.82) is 0 Å². The molecular formula is C26H22N2O2. The van der Waals surface area contributed by atoms with Crippen LogP contribution in [0.15, 0.2) is 95.9 Å². The Morgan fingerprint density at radius 1 is 0.833 bits per heavy atom. The molecule has 0 unspecified atom stereocenters. The van der Waals surface area contributed by atoms with Crippen LogP contribution < -0.4 is 5.69 Å². The quantitative estimate of drug-likeness (QED) is 0.442. The maximum atomic E-state index is 13.2. The maximum absolute atomic E-state index is 13.2. The van der Waals surface area contributed by atoms with Crippen LogP contribution in [0.2, 0.25) is 0 Å². The number of carbonyl (C=O) groups is 1. The van der Waals surface area contributed by atoms with Gasteiger partial charge in [-0.15, -0.1) is 0 Å². The van der Waals surface area contributed by atoms with Crippen LogP contribution in [0, 0.1) is 13.8 Å². The average Bonchev–Trinajstić information content (AvgIpc) is 3.12. The van der Waals surface area contributed by atoms with E-state index in [0.29, 0.717) is 11.4 Å². The first-order valence-corrected chi connectivity index (χ1v) is 9.79. The molecule has 0 atom stereocenters. The molecule has 0 aliphatic heterocycles. The second kappa shape index (κ2) is 8.21. The fourth-order valence-electron chi connectivity index (χ4n) is 3.34. The highest BCUT2D eigenvalue weighted by atomic mass is 16.2. The lowest BCUT2D eigenvalue weighted by Crippen LogP contribution is -2.27. The monoisotopic (exact) mass is 394 g/mol. The van der Waals surface area contributed by atoms with E-state index >= 15 is 0 Å². The summed E-state index contributed by atoms with van der Waals surface area (Å²) in [5.74, 6) is -0.383. The van der Waals surface area contributed by atoms with Gasteiger partial charge in [0.25, 0.3) is 5.91 Å². The molecule has 0 N–H and O–H groups in total. The zero-order chi connectivity index (χ0) is 21.1. The van der Waals surface area contributed by atoms with Gasteiger partial charge in [0.2, 0.25) is 0 Å². The Bertz CT molecular complexity index is 1280. The maximum Gasteiger partial charge on any atom is 0.340 e. The number of imidazole rings is 1. The summed E-state index contributed by atoms with van der Waals surface area (Å²) in [6.07, 6.45) is 4.89. The van der Waals surface area contributed by atoms with Crippen LogP contribution in [0.1, 0.15) is 21.5 Å². The highest BCUT2D eigenvalue weighted by Crippen LogP contribution is 2.23. The first-order valence-electron chi connectivity index (χ1n) is 9.79. The van der Waals surface area contributed by atoms with Crippen molar-refractivity contribution in [2.45, 2.75) is 13.8 Å². The Balaban J connectivity index is 1.86. The number of carbonyl (C=O) groups excluding carboxylic acids is 1. The summed E-state index contributed by atoms with van der Waals surface area (Å²) in [4.78, 5) is 26.3. The third-order valence-corrected chi connectivity index (χ3v) is 5.17. The van der Waals surface area contributed by atoms with Gasteiger partial charge in [0.1, 0.15) is 0 Å². The number of para-hydroxylation sites is 1. The Morgan fingerprint density at radius 3 is 2.17 bits per heavy atom. The Labute approximate surface area is 175 Å². The van der Waals surface area contributed by atoms with E-state index in [9.17, 15) is 9.59 Å². The number of hydrogen-bond acceptors (Lipinski definition) is 2. The van der Waals surface area contributed by atoms with E-state index < -0.39 is 5.69 Å². The van der Waals surface area contributed by atoms with Gasteiger partial charge in [-0.05, 0) is 54.8 Å². The van der Waals surface area contributed by atoms with E-state index in [1.165, 1.54) is 15.2 Å². The predicted molar refractivity (Wildman–Crippen MR) is 121 cm³/mol. The molecule has 0 saturated carbocycles. The van der Waals surface area contributed by atoms with Gasteiger partial charge in [-0.2, -0.15) is 0 Å². The Morgan fingerprint density at radius 2 is 1.50 bits per heavy atom. The summed E-state index contributed by atoms with van der Waals surface area (Å²) >= 11 is 0. The van der Waals surface area contributed by atoms with Crippen molar-refractivity contribution in [3.63, 3.8) is 0 Å². The zero-order valence-electron chi connectivity index (χ0n) is 16.9. The molecule has 4 rings (SSSR count). The van der Waals surface area contributed by atoms with Gasteiger partial charge in [0, 0.05) is 17.8 Å². The average molecular weight is 394 g/mol. The molecule has 148 valence electrons. The summed E-state index contributed by atoms with van der Waals surface area (Å²) in [6.45, 7) is 4.06. The summed E-state index contributed by atoms with van der Waals surface area (Å²) in [6, 6.07) is 24.8. The van der Waals surface area contributed by atoms with Gasteiger partial charge in [-0.1, -0.05) is 60.7 Å². The van der Waals surface area contributed by atoms with E-state index in [1.54, 1.807) is 12.3 Å². The van der Waals surface area contributed by atoms with E-state index in [-0.39, 0.29) is 5.91 Å². The molecular weight excluding hydrogens is 372 g/mol. The molecule has 0 spiro atoms. The van der Waals surface area contributed by atoms with E-state index in [4.69, 9.17) is 0 Å². The SMILES string of the molecule is Cc1ccc(-c2cn(-c3ccccc3)c(=O)n2C(=O)/C=C/c2ccccc2)cc1C. The molecule has 0 bridgehead atoms. The molecule has 0 aliphatic rings. The smallest absolute Gasteiger partial charge is 0.269 e. The Kier molecular flexibility index (Phi) is 5.31. The number of aromatic nitrogens is 2. The molecule has 30 heavy (non-hydrogen) atoms. The fraction of sp³-hybridized carbons (Fsp3) is 0.0769. The number of rotatable bonds is 4. The van der Waals surface area contributed by atoms with Crippen molar-refractivity contribution in [3.05, 3.63) is 118 Å². The highest BCUT2D eigenvalue weighted by Gasteiger charge is 2.18. The third kappa shape index (κ3) is 3.80. The zero-order valence-corrected chi connectivity index (χ0v) is 16.9. The number of hydrogen-bond donors (Lipinski definition) is 0. The van der Waals surface area contributed by atoms with Crippen molar-refractivity contribution < 1.29 is 4.79 Å². The van der Waals surface area contributed by atoms with Crippen molar-refractivity contribution >= 4 is 12.0 Å². The van der Waals surface area contributed by atoms with Crippen LogP contribution in [-0.2, 0) is 0 Å². The second-order valence-corrected chi connectivity index (χ2v) is 7.22. The standard InChI is InChI=1S/C26H22N2O2/c1-19-13-15-22(17-20(19)2)24-18-27(23-11-7-4-8-12-23)26(30)28(24)25(29)16-14-21-9-5-3-6-10-21/h3-18H,1-2H3/b16-14+. The molecule has 1 heterocycles. The number of allylic oxidation sites excluding steroid dienone is 1. The summed E-state index contributed by atoms with van der Waals surface area (Å²) in [5, 5.41) is 0. The van der Waals surface area contributed by atoms with Gasteiger partial charge >= 0.3 is 5.69 Å². The van der Waals surface area contributed by atoms with Crippen LogP contribution in [0.25, 0.3) is 23.0 Å². The largest absolute Gasteiger partial charge is 0.340 e. The van der Waals surface area contributed by atoms with E-state index in [1.807, 2.05) is 92.7 Å². The molecule has 0 fully saturated rings. The van der Waals surface area contributed by atoms with Gasteiger partial charge in [-0.25, -0.2) is 9.36 Å². The van der Waals surface area contributed by atoms with Gasteiger partial charge < -0.3 is 0 Å². The number of benzene rings is 3. The predicted octanol–water partition coefficient (Wildman–Crippen LogP) is 5.28. The summed E-state index contributed by atoms with van der Waals surface area (Å²) < 4.78 is 2.75. The van der Waals surface area contributed by atoms with Crippen LogP contribution in [0.4, 0.5) is 0 Å². The summed E-state index contributed by atoms with van der Waals surface area (Å²) in [7, 11) is 0.